The summed E-state index contributed by atoms with van der Waals surface area (Å²) in [5.41, 5.74) is 3.23. The van der Waals surface area contributed by atoms with E-state index in [1.165, 1.54) is 0 Å². The van der Waals surface area contributed by atoms with Crippen molar-refractivity contribution in [3.63, 3.8) is 0 Å². The molecule has 0 unspecified atom stereocenters. The Morgan fingerprint density at radius 2 is 1.88 bits per heavy atom. The number of nitrogens with one attached hydrogen (secondary N) is 2. The van der Waals surface area contributed by atoms with E-state index in [-0.39, 0.29) is 23.6 Å². The molecule has 5 rings (SSSR count). The number of hydrogen-bond donors (Lipinski definition) is 2. The minimum atomic E-state index is -0.0824. The number of rotatable bonds is 6. The third kappa shape index (κ3) is 4.76. The van der Waals surface area contributed by atoms with Crippen molar-refractivity contribution in [2.24, 2.45) is 0 Å². The molecule has 2 N–H and O–H groups in total. The molecular formula is C25H27ClN2O4. The van der Waals surface area contributed by atoms with Crippen LogP contribution in [0, 0.1) is 0 Å². The van der Waals surface area contributed by atoms with Crippen molar-refractivity contribution in [1.82, 2.24) is 10.3 Å². The SMILES string of the molecule is O=C1CC[C@H](/C=C(/c2ccc(OC3CCOCC3)c(Cl)c2)c2ccc(C3CC3)c(=O)[nH]2)N1. The van der Waals surface area contributed by atoms with E-state index in [1.807, 2.05) is 36.4 Å². The van der Waals surface area contributed by atoms with Crippen LogP contribution in [0.25, 0.3) is 5.57 Å². The summed E-state index contributed by atoms with van der Waals surface area (Å²) in [6, 6.07) is 9.50. The van der Waals surface area contributed by atoms with E-state index >= 15 is 0 Å². The van der Waals surface area contributed by atoms with Gasteiger partial charge in [0.05, 0.1) is 18.2 Å². The zero-order chi connectivity index (χ0) is 22.1. The number of aromatic amines is 1. The summed E-state index contributed by atoms with van der Waals surface area (Å²) >= 11 is 6.60. The highest BCUT2D eigenvalue weighted by molar-refractivity contribution is 6.32. The summed E-state index contributed by atoms with van der Waals surface area (Å²) in [7, 11) is 0. The van der Waals surface area contributed by atoms with E-state index < -0.39 is 0 Å². The molecule has 7 heteroatoms. The van der Waals surface area contributed by atoms with Crippen molar-refractivity contribution in [2.45, 2.75) is 56.6 Å². The highest BCUT2D eigenvalue weighted by atomic mass is 35.5. The highest BCUT2D eigenvalue weighted by Crippen LogP contribution is 2.38. The number of benzene rings is 1. The van der Waals surface area contributed by atoms with Gasteiger partial charge in [-0.25, -0.2) is 0 Å². The van der Waals surface area contributed by atoms with Gasteiger partial charge in [0.2, 0.25) is 5.91 Å². The van der Waals surface area contributed by atoms with Crippen LogP contribution in [-0.4, -0.2) is 36.3 Å². The molecule has 3 fully saturated rings. The number of ether oxygens (including phenoxy) is 2. The Bertz CT molecular complexity index is 1100. The fraction of sp³-hybridized carbons (Fsp3) is 0.440. The molecule has 0 bridgehead atoms. The molecule has 168 valence electrons. The van der Waals surface area contributed by atoms with Crippen LogP contribution in [0.5, 0.6) is 5.75 Å². The third-order valence-corrected chi connectivity index (χ3v) is 6.64. The van der Waals surface area contributed by atoms with Crippen molar-refractivity contribution >= 4 is 23.1 Å². The predicted molar refractivity (Wildman–Crippen MR) is 123 cm³/mol. The van der Waals surface area contributed by atoms with Gasteiger partial charge in [-0.3, -0.25) is 9.59 Å². The quantitative estimate of drug-likeness (QED) is 0.686. The van der Waals surface area contributed by atoms with Crippen LogP contribution in [-0.2, 0) is 9.53 Å². The number of carbonyl (C=O) groups is 1. The molecule has 0 spiro atoms. The number of amides is 1. The van der Waals surface area contributed by atoms with Gasteiger partial charge in [-0.1, -0.05) is 29.8 Å². The molecule has 1 aromatic heterocycles. The highest BCUT2D eigenvalue weighted by Gasteiger charge is 2.27. The number of halogens is 1. The molecule has 1 amide bonds. The largest absolute Gasteiger partial charge is 0.489 e. The summed E-state index contributed by atoms with van der Waals surface area (Å²) in [6.45, 7) is 1.40. The number of aromatic nitrogens is 1. The lowest BCUT2D eigenvalue weighted by atomic mass is 9.98. The zero-order valence-electron chi connectivity index (χ0n) is 17.9. The lowest BCUT2D eigenvalue weighted by Gasteiger charge is -2.24. The van der Waals surface area contributed by atoms with E-state index in [4.69, 9.17) is 21.1 Å². The van der Waals surface area contributed by atoms with Gasteiger partial charge in [0, 0.05) is 42.1 Å². The molecule has 1 aliphatic carbocycles. The maximum Gasteiger partial charge on any atom is 0.251 e. The molecule has 3 heterocycles. The average Bonchev–Trinajstić information content (AvgIpc) is 3.55. The second-order valence-corrected chi connectivity index (χ2v) is 9.21. The molecule has 6 nitrogen and oxygen atoms in total. The summed E-state index contributed by atoms with van der Waals surface area (Å²) in [5, 5.41) is 3.50. The van der Waals surface area contributed by atoms with Crippen molar-refractivity contribution in [2.75, 3.05) is 13.2 Å². The first-order chi connectivity index (χ1) is 15.6. The second-order valence-electron chi connectivity index (χ2n) is 8.80. The van der Waals surface area contributed by atoms with E-state index in [9.17, 15) is 9.59 Å². The topological polar surface area (TPSA) is 80.4 Å². The van der Waals surface area contributed by atoms with Crippen molar-refractivity contribution in [3.05, 3.63) is 68.6 Å². The Kier molecular flexibility index (Phi) is 6.07. The lowest BCUT2D eigenvalue weighted by Crippen LogP contribution is -2.26. The van der Waals surface area contributed by atoms with Gasteiger partial charge in [-0.15, -0.1) is 0 Å². The summed E-state index contributed by atoms with van der Waals surface area (Å²) in [4.78, 5) is 27.5. The Labute approximate surface area is 192 Å². The molecule has 1 atom stereocenters. The number of H-pyrrole nitrogens is 1. The molecule has 2 saturated heterocycles. The molecule has 1 saturated carbocycles. The number of hydrogen-bond acceptors (Lipinski definition) is 4. The Morgan fingerprint density at radius 3 is 2.53 bits per heavy atom. The van der Waals surface area contributed by atoms with Crippen LogP contribution >= 0.6 is 11.6 Å². The Balaban J connectivity index is 1.46. The Hall–Kier alpha value is -2.57. The second kappa shape index (κ2) is 9.12. The summed E-state index contributed by atoms with van der Waals surface area (Å²) in [5.74, 6) is 1.07. The van der Waals surface area contributed by atoms with E-state index in [0.29, 0.717) is 36.3 Å². The first kappa shape index (κ1) is 21.3. The molecule has 2 aromatic rings. The van der Waals surface area contributed by atoms with Crippen LogP contribution in [0.4, 0.5) is 0 Å². The van der Waals surface area contributed by atoms with Gasteiger partial charge >= 0.3 is 0 Å². The van der Waals surface area contributed by atoms with Crippen LogP contribution in [0.1, 0.15) is 61.3 Å². The van der Waals surface area contributed by atoms with Gasteiger partial charge in [0.1, 0.15) is 11.9 Å². The number of carbonyl (C=O) groups excluding carboxylic acids is 1. The predicted octanol–water partition coefficient (Wildman–Crippen LogP) is 4.17. The van der Waals surface area contributed by atoms with Crippen molar-refractivity contribution in [1.29, 1.82) is 0 Å². The van der Waals surface area contributed by atoms with Crippen molar-refractivity contribution < 1.29 is 14.3 Å². The maximum absolute atomic E-state index is 12.7. The summed E-state index contributed by atoms with van der Waals surface area (Å²) in [6.07, 6.45) is 7.18. The minimum absolute atomic E-state index is 0.0430. The smallest absolute Gasteiger partial charge is 0.251 e. The monoisotopic (exact) mass is 454 g/mol. The van der Waals surface area contributed by atoms with Crippen LogP contribution in [0.15, 0.2) is 41.2 Å². The van der Waals surface area contributed by atoms with Gasteiger partial charge in [-0.2, -0.15) is 0 Å². The lowest BCUT2D eigenvalue weighted by molar-refractivity contribution is -0.119. The van der Waals surface area contributed by atoms with Gasteiger partial charge in [-0.05, 0) is 48.9 Å². The van der Waals surface area contributed by atoms with Gasteiger partial charge in [0.25, 0.3) is 5.56 Å². The fourth-order valence-corrected chi connectivity index (χ4v) is 4.63. The van der Waals surface area contributed by atoms with Crippen LogP contribution in [0.2, 0.25) is 5.02 Å². The standard InChI is InChI=1S/C25H27ClN2O4/c26-21-13-16(3-7-23(21)32-18-9-11-31-12-10-18)20(14-17-4-8-24(29)27-17)22-6-5-19(15-1-2-15)25(30)28-22/h3,5-7,13-15,17-18H,1-2,4,8-12H2,(H,27,29)(H,28,30)/b20-14-/t17-/m1/s1. The molecule has 32 heavy (non-hydrogen) atoms. The zero-order valence-corrected chi connectivity index (χ0v) is 18.6. The van der Waals surface area contributed by atoms with E-state index in [1.54, 1.807) is 0 Å². The molecule has 1 aromatic carbocycles. The first-order valence-corrected chi connectivity index (χ1v) is 11.7. The van der Waals surface area contributed by atoms with Crippen molar-refractivity contribution in [3.8, 4) is 5.75 Å². The first-order valence-electron chi connectivity index (χ1n) is 11.4. The van der Waals surface area contributed by atoms with E-state index in [0.717, 1.165) is 54.5 Å². The van der Waals surface area contributed by atoms with Crippen LogP contribution in [0.3, 0.4) is 0 Å². The summed E-state index contributed by atoms with van der Waals surface area (Å²) < 4.78 is 11.5. The Morgan fingerprint density at radius 1 is 1.06 bits per heavy atom. The molecule has 2 aliphatic heterocycles. The number of pyridine rings is 1. The molecule has 3 aliphatic rings. The third-order valence-electron chi connectivity index (χ3n) is 6.35. The molecular weight excluding hydrogens is 428 g/mol. The fourth-order valence-electron chi connectivity index (χ4n) is 4.40. The minimum Gasteiger partial charge on any atom is -0.489 e. The van der Waals surface area contributed by atoms with Gasteiger partial charge in [0.15, 0.2) is 0 Å². The molecule has 0 radical (unpaired) electrons. The normalized spacial score (nSPS) is 22.1. The average molecular weight is 455 g/mol. The van der Waals surface area contributed by atoms with E-state index in [2.05, 4.69) is 10.3 Å². The van der Waals surface area contributed by atoms with Crippen LogP contribution < -0.4 is 15.6 Å². The maximum atomic E-state index is 12.7. The van der Waals surface area contributed by atoms with Gasteiger partial charge < -0.3 is 19.8 Å².